The van der Waals surface area contributed by atoms with E-state index in [9.17, 15) is 14.4 Å². The van der Waals surface area contributed by atoms with E-state index in [1.807, 2.05) is 0 Å². The quantitative estimate of drug-likeness (QED) is 0.0262. The maximum Gasteiger partial charge on any atom is 0.306 e. The van der Waals surface area contributed by atoms with Crippen molar-refractivity contribution >= 4 is 17.9 Å². The summed E-state index contributed by atoms with van der Waals surface area (Å²) >= 11 is 0. The fourth-order valence-corrected chi connectivity index (χ4v) is 7.76. The molecule has 0 bridgehead atoms. The molecule has 362 valence electrons. The molecule has 0 aliphatic rings. The summed E-state index contributed by atoms with van der Waals surface area (Å²) in [6.45, 7) is 6.62. The standard InChI is InChI=1S/C56H102O6/c1-4-7-10-13-16-19-22-24-26-27-28-30-31-34-37-40-43-46-49-55(58)61-52-53(51-60-54(57)48-45-42-39-36-33-21-18-15-12-9-6-3)62-56(59)50-47-44-41-38-35-32-29-25-23-20-17-14-11-8-5-2/h19,22,25-27,29,53H,4-18,20-21,23-24,28,30-52H2,1-3H3/b22-19-,27-26-,29-25-. The Balaban J connectivity index is 4.35. The van der Waals surface area contributed by atoms with Gasteiger partial charge in [0.15, 0.2) is 6.10 Å². The number of rotatable bonds is 49. The van der Waals surface area contributed by atoms with Crippen molar-refractivity contribution in [2.45, 2.75) is 290 Å². The van der Waals surface area contributed by atoms with Crippen LogP contribution in [0.2, 0.25) is 0 Å². The van der Waals surface area contributed by atoms with Crippen LogP contribution >= 0.6 is 0 Å². The maximum absolute atomic E-state index is 12.8. The molecule has 6 heteroatoms. The fourth-order valence-electron chi connectivity index (χ4n) is 7.76. The molecule has 0 aliphatic carbocycles. The largest absolute Gasteiger partial charge is 0.462 e. The van der Waals surface area contributed by atoms with Crippen molar-refractivity contribution in [2.75, 3.05) is 13.2 Å². The smallest absolute Gasteiger partial charge is 0.306 e. The van der Waals surface area contributed by atoms with E-state index in [4.69, 9.17) is 14.2 Å². The summed E-state index contributed by atoms with van der Waals surface area (Å²) in [5, 5.41) is 0. The fraction of sp³-hybridized carbons (Fsp3) is 0.839. The predicted molar refractivity (Wildman–Crippen MR) is 266 cm³/mol. The van der Waals surface area contributed by atoms with Gasteiger partial charge in [0.1, 0.15) is 13.2 Å². The first-order valence-electron chi connectivity index (χ1n) is 27.0. The summed E-state index contributed by atoms with van der Waals surface area (Å²) < 4.78 is 16.8. The number of ether oxygens (including phenoxy) is 3. The first-order valence-corrected chi connectivity index (χ1v) is 27.0. The van der Waals surface area contributed by atoms with Gasteiger partial charge in [-0.15, -0.1) is 0 Å². The second-order valence-corrected chi connectivity index (χ2v) is 18.1. The molecule has 0 rings (SSSR count). The molecule has 1 unspecified atom stereocenters. The lowest BCUT2D eigenvalue weighted by Gasteiger charge is -2.18. The zero-order valence-corrected chi connectivity index (χ0v) is 41.4. The van der Waals surface area contributed by atoms with Crippen molar-refractivity contribution in [1.82, 2.24) is 0 Å². The van der Waals surface area contributed by atoms with Crippen molar-refractivity contribution in [3.8, 4) is 0 Å². The van der Waals surface area contributed by atoms with Crippen LogP contribution in [0.3, 0.4) is 0 Å². The van der Waals surface area contributed by atoms with Gasteiger partial charge >= 0.3 is 17.9 Å². The summed E-state index contributed by atoms with van der Waals surface area (Å²) in [6, 6.07) is 0. The number of hydrogen-bond acceptors (Lipinski definition) is 6. The molecule has 6 nitrogen and oxygen atoms in total. The lowest BCUT2D eigenvalue weighted by molar-refractivity contribution is -0.167. The van der Waals surface area contributed by atoms with Crippen molar-refractivity contribution in [3.05, 3.63) is 36.5 Å². The summed E-state index contributed by atoms with van der Waals surface area (Å²) in [7, 11) is 0. The maximum atomic E-state index is 12.8. The summed E-state index contributed by atoms with van der Waals surface area (Å²) in [4.78, 5) is 38.0. The van der Waals surface area contributed by atoms with Crippen LogP contribution in [-0.2, 0) is 28.6 Å². The van der Waals surface area contributed by atoms with Gasteiger partial charge in [0, 0.05) is 19.3 Å². The molecular weight excluding hydrogens is 769 g/mol. The molecule has 0 spiro atoms. The van der Waals surface area contributed by atoms with Gasteiger partial charge < -0.3 is 14.2 Å². The number of esters is 3. The molecule has 0 aliphatic heterocycles. The highest BCUT2D eigenvalue weighted by Gasteiger charge is 2.19. The van der Waals surface area contributed by atoms with Crippen LogP contribution in [0.4, 0.5) is 0 Å². The molecule has 0 saturated heterocycles. The normalized spacial score (nSPS) is 12.2. The van der Waals surface area contributed by atoms with E-state index in [1.165, 1.54) is 167 Å². The van der Waals surface area contributed by atoms with E-state index in [-0.39, 0.29) is 31.1 Å². The zero-order chi connectivity index (χ0) is 45.1. The van der Waals surface area contributed by atoms with Gasteiger partial charge in [-0.05, 0) is 77.0 Å². The summed E-state index contributed by atoms with van der Waals surface area (Å²) in [5.41, 5.74) is 0. The third kappa shape index (κ3) is 48.7. The Kier molecular flexibility index (Phi) is 49.3. The highest BCUT2D eigenvalue weighted by molar-refractivity contribution is 5.71. The molecule has 0 amide bonds. The highest BCUT2D eigenvalue weighted by Crippen LogP contribution is 2.15. The number of allylic oxidation sites excluding steroid dienone is 6. The molecular formula is C56H102O6. The first kappa shape index (κ1) is 59.6. The van der Waals surface area contributed by atoms with Crippen LogP contribution < -0.4 is 0 Å². The van der Waals surface area contributed by atoms with E-state index in [1.54, 1.807) is 0 Å². The Morgan fingerprint density at radius 2 is 0.581 bits per heavy atom. The number of hydrogen-bond donors (Lipinski definition) is 0. The summed E-state index contributed by atoms with van der Waals surface area (Å²) in [5.74, 6) is -0.881. The van der Waals surface area contributed by atoms with Crippen molar-refractivity contribution < 1.29 is 28.6 Å². The van der Waals surface area contributed by atoms with Crippen molar-refractivity contribution in [2.24, 2.45) is 0 Å². The van der Waals surface area contributed by atoms with E-state index in [2.05, 4.69) is 57.2 Å². The van der Waals surface area contributed by atoms with E-state index >= 15 is 0 Å². The third-order valence-corrected chi connectivity index (χ3v) is 11.9. The van der Waals surface area contributed by atoms with E-state index in [0.29, 0.717) is 19.3 Å². The van der Waals surface area contributed by atoms with Crippen molar-refractivity contribution in [3.63, 3.8) is 0 Å². The average Bonchev–Trinajstić information content (AvgIpc) is 3.27. The third-order valence-electron chi connectivity index (χ3n) is 11.9. The van der Waals surface area contributed by atoms with E-state index in [0.717, 1.165) is 77.0 Å². The SMILES string of the molecule is CCCCCC/C=C\C/C=C\CCCCCCCCCC(=O)OCC(COC(=O)CCCCCCCCCCCCC)OC(=O)CCCCCCC/C=C\CCCCCCCC. The number of unbranched alkanes of at least 4 members (excludes halogenated alkanes) is 32. The minimum atomic E-state index is -0.775. The Labute approximate surface area is 385 Å². The molecule has 0 saturated carbocycles. The first-order chi connectivity index (χ1) is 30.5. The average molecular weight is 871 g/mol. The van der Waals surface area contributed by atoms with Crippen LogP contribution in [0.15, 0.2) is 36.5 Å². The van der Waals surface area contributed by atoms with Gasteiger partial charge in [-0.1, -0.05) is 224 Å². The lowest BCUT2D eigenvalue weighted by atomic mass is 10.1. The van der Waals surface area contributed by atoms with Gasteiger partial charge in [-0.25, -0.2) is 0 Å². The van der Waals surface area contributed by atoms with Crippen LogP contribution in [0.5, 0.6) is 0 Å². The molecule has 0 aromatic heterocycles. The van der Waals surface area contributed by atoms with Crippen LogP contribution in [-0.4, -0.2) is 37.2 Å². The Bertz CT molecular complexity index is 1050. The molecule has 0 radical (unpaired) electrons. The predicted octanol–water partition coefficient (Wildman–Crippen LogP) is 17.7. The zero-order valence-electron chi connectivity index (χ0n) is 41.4. The van der Waals surface area contributed by atoms with Gasteiger partial charge in [0.2, 0.25) is 0 Å². The minimum absolute atomic E-state index is 0.0751. The molecule has 0 aromatic carbocycles. The van der Waals surface area contributed by atoms with Gasteiger partial charge in [0.05, 0.1) is 0 Å². The minimum Gasteiger partial charge on any atom is -0.462 e. The van der Waals surface area contributed by atoms with Gasteiger partial charge in [0.25, 0.3) is 0 Å². The second-order valence-electron chi connectivity index (χ2n) is 18.1. The topological polar surface area (TPSA) is 78.9 Å². The van der Waals surface area contributed by atoms with Gasteiger partial charge in [-0.2, -0.15) is 0 Å². The molecule has 0 fully saturated rings. The second kappa shape index (κ2) is 51.3. The Morgan fingerprint density at radius 3 is 0.919 bits per heavy atom. The van der Waals surface area contributed by atoms with Crippen LogP contribution in [0.25, 0.3) is 0 Å². The van der Waals surface area contributed by atoms with E-state index < -0.39 is 6.10 Å². The Hall–Kier alpha value is -2.37. The molecule has 0 heterocycles. The van der Waals surface area contributed by atoms with Crippen molar-refractivity contribution in [1.29, 1.82) is 0 Å². The summed E-state index contributed by atoms with van der Waals surface area (Å²) in [6.07, 6.45) is 59.8. The lowest BCUT2D eigenvalue weighted by Crippen LogP contribution is -2.30. The number of carbonyl (C=O) groups excluding carboxylic acids is 3. The number of carbonyl (C=O) groups is 3. The van der Waals surface area contributed by atoms with Gasteiger partial charge in [-0.3, -0.25) is 14.4 Å². The molecule has 0 aromatic rings. The Morgan fingerprint density at radius 1 is 0.323 bits per heavy atom. The molecule has 1 atom stereocenters. The molecule has 62 heavy (non-hydrogen) atoms. The monoisotopic (exact) mass is 871 g/mol. The van der Waals surface area contributed by atoms with Crippen LogP contribution in [0.1, 0.15) is 284 Å². The molecule has 0 N–H and O–H groups in total. The van der Waals surface area contributed by atoms with Crippen LogP contribution in [0, 0.1) is 0 Å². The highest BCUT2D eigenvalue weighted by atomic mass is 16.6.